The first kappa shape index (κ1) is 21.1. The van der Waals surface area contributed by atoms with Crippen molar-refractivity contribution in [1.82, 2.24) is 9.47 Å². The van der Waals surface area contributed by atoms with Crippen molar-refractivity contribution in [1.29, 1.82) is 0 Å². The zero-order chi connectivity index (χ0) is 22.8. The number of non-ortho nitro benzene ring substituents is 1. The molecule has 0 bridgehead atoms. The number of imide groups is 1. The first-order valence-electron chi connectivity index (χ1n) is 9.33. The lowest BCUT2D eigenvalue weighted by molar-refractivity contribution is -0.384. The third-order valence-corrected chi connectivity index (χ3v) is 5.70. The normalized spacial score (nSPS) is 14.9. The van der Waals surface area contributed by atoms with Gasteiger partial charge < -0.3 is 9.67 Å². The van der Waals surface area contributed by atoms with E-state index in [1.54, 1.807) is 41.1 Å². The minimum atomic E-state index is -1.05. The van der Waals surface area contributed by atoms with Crippen molar-refractivity contribution in [2.45, 2.75) is 6.54 Å². The highest BCUT2D eigenvalue weighted by molar-refractivity contribution is 8.18. The molecular weight excluding hydrogens is 434 g/mol. The fourth-order valence-electron chi connectivity index (χ4n) is 3.21. The lowest BCUT2D eigenvalue weighted by Crippen LogP contribution is -2.27. The Balaban J connectivity index is 1.58. The van der Waals surface area contributed by atoms with E-state index in [0.717, 1.165) is 16.7 Å². The number of aromatic carboxylic acids is 1. The van der Waals surface area contributed by atoms with Crippen molar-refractivity contribution < 1.29 is 24.4 Å². The standard InChI is InChI=1S/C22H15N3O6S/c26-20-19(32-22(29)24(20)13-14-6-8-16(9-7-14)25(30)31)12-18-5-2-10-23(18)17-4-1-3-15(11-17)21(27)28/h1-12H,13H2,(H,27,28)/b19-12-. The molecule has 0 unspecified atom stereocenters. The Morgan fingerprint density at radius 3 is 2.53 bits per heavy atom. The number of nitro groups is 1. The zero-order valence-electron chi connectivity index (χ0n) is 16.4. The Bertz CT molecular complexity index is 1280. The summed E-state index contributed by atoms with van der Waals surface area (Å²) in [4.78, 5) is 48.1. The number of benzene rings is 2. The molecule has 2 amide bonds. The summed E-state index contributed by atoms with van der Waals surface area (Å²) in [6.45, 7) is 0.00166. The first-order valence-corrected chi connectivity index (χ1v) is 10.1. The second-order valence-corrected chi connectivity index (χ2v) is 7.84. The summed E-state index contributed by atoms with van der Waals surface area (Å²) in [5.41, 5.74) is 1.86. The van der Waals surface area contributed by atoms with Crippen LogP contribution in [-0.2, 0) is 11.3 Å². The summed E-state index contributed by atoms with van der Waals surface area (Å²) >= 11 is 0.802. The van der Waals surface area contributed by atoms with Gasteiger partial charge in [0, 0.05) is 29.7 Å². The number of hydrogen-bond acceptors (Lipinski definition) is 6. The van der Waals surface area contributed by atoms with Crippen molar-refractivity contribution in [3.05, 3.63) is 98.7 Å². The van der Waals surface area contributed by atoms with Crippen LogP contribution in [0.5, 0.6) is 0 Å². The zero-order valence-corrected chi connectivity index (χ0v) is 17.2. The van der Waals surface area contributed by atoms with Gasteiger partial charge in [0.15, 0.2) is 0 Å². The molecule has 0 spiro atoms. The Hall–Kier alpha value is -4.18. The highest BCUT2D eigenvalue weighted by atomic mass is 32.2. The minimum Gasteiger partial charge on any atom is -0.478 e. The molecule has 1 aromatic heterocycles. The number of carboxylic acid groups (broad SMARTS) is 1. The van der Waals surface area contributed by atoms with E-state index >= 15 is 0 Å². The maximum atomic E-state index is 12.8. The van der Waals surface area contributed by atoms with Crippen LogP contribution in [0.15, 0.2) is 71.8 Å². The molecule has 4 rings (SSSR count). The van der Waals surface area contributed by atoms with Crippen LogP contribution in [0.2, 0.25) is 0 Å². The van der Waals surface area contributed by atoms with Crippen LogP contribution in [0.1, 0.15) is 21.6 Å². The number of carboxylic acids is 1. The topological polar surface area (TPSA) is 123 Å². The molecule has 2 heterocycles. The number of nitro benzene ring substituents is 1. The van der Waals surface area contributed by atoms with E-state index in [9.17, 15) is 29.6 Å². The van der Waals surface area contributed by atoms with E-state index in [1.807, 2.05) is 0 Å². The molecule has 1 fully saturated rings. The molecule has 1 aliphatic heterocycles. The number of aromatic nitrogens is 1. The van der Waals surface area contributed by atoms with E-state index in [2.05, 4.69) is 0 Å². The maximum Gasteiger partial charge on any atom is 0.335 e. The Morgan fingerprint density at radius 2 is 1.84 bits per heavy atom. The SMILES string of the molecule is O=C(O)c1cccc(-n2cccc2/C=C2\SC(=O)N(Cc3ccc([N+](=O)[O-])cc3)C2=O)c1. The number of carbonyl (C=O) groups excluding carboxylic acids is 2. The van der Waals surface area contributed by atoms with Crippen molar-refractivity contribution in [2.24, 2.45) is 0 Å². The van der Waals surface area contributed by atoms with E-state index in [0.29, 0.717) is 16.9 Å². The molecule has 160 valence electrons. The number of hydrogen-bond donors (Lipinski definition) is 1. The van der Waals surface area contributed by atoms with E-state index in [-0.39, 0.29) is 22.7 Å². The fourth-order valence-corrected chi connectivity index (χ4v) is 4.03. The van der Waals surface area contributed by atoms with Gasteiger partial charge >= 0.3 is 5.97 Å². The Morgan fingerprint density at radius 1 is 1.09 bits per heavy atom. The molecule has 0 atom stereocenters. The first-order chi connectivity index (χ1) is 15.3. The van der Waals surface area contributed by atoms with Gasteiger partial charge in [-0.25, -0.2) is 4.79 Å². The van der Waals surface area contributed by atoms with E-state index < -0.39 is 22.0 Å². The molecule has 0 radical (unpaired) electrons. The maximum absolute atomic E-state index is 12.8. The van der Waals surface area contributed by atoms with Gasteiger partial charge in [-0.15, -0.1) is 0 Å². The van der Waals surface area contributed by atoms with E-state index in [4.69, 9.17) is 0 Å². The van der Waals surface area contributed by atoms with Crippen LogP contribution in [0, 0.1) is 10.1 Å². The van der Waals surface area contributed by atoms with Gasteiger partial charge in [0.05, 0.1) is 21.9 Å². The van der Waals surface area contributed by atoms with Crippen LogP contribution in [0.3, 0.4) is 0 Å². The predicted molar refractivity (Wildman–Crippen MR) is 117 cm³/mol. The molecule has 1 N–H and O–H groups in total. The highest BCUT2D eigenvalue weighted by Gasteiger charge is 2.35. The van der Waals surface area contributed by atoms with Gasteiger partial charge in [-0.1, -0.05) is 18.2 Å². The van der Waals surface area contributed by atoms with Crippen molar-refractivity contribution in [2.75, 3.05) is 0 Å². The minimum absolute atomic E-state index is 0.00166. The predicted octanol–water partition coefficient (Wildman–Crippen LogP) is 4.32. The second kappa shape index (κ2) is 8.52. The third kappa shape index (κ3) is 4.16. The fraction of sp³-hybridized carbons (Fsp3) is 0.0455. The number of carbonyl (C=O) groups is 3. The number of thioether (sulfide) groups is 1. The molecule has 1 saturated heterocycles. The summed E-state index contributed by atoms with van der Waals surface area (Å²) in [7, 11) is 0. The van der Waals surface area contributed by atoms with Crippen molar-refractivity contribution in [3.63, 3.8) is 0 Å². The molecule has 0 aliphatic carbocycles. The average Bonchev–Trinajstić information content (AvgIpc) is 3.34. The monoisotopic (exact) mass is 449 g/mol. The lowest BCUT2D eigenvalue weighted by Gasteiger charge is -2.12. The van der Waals surface area contributed by atoms with Crippen LogP contribution >= 0.6 is 11.8 Å². The Kier molecular flexibility index (Phi) is 5.61. The van der Waals surface area contributed by atoms with Crippen LogP contribution in [-0.4, -0.2) is 36.6 Å². The van der Waals surface area contributed by atoms with Gasteiger partial charge in [0.25, 0.3) is 16.8 Å². The van der Waals surface area contributed by atoms with Gasteiger partial charge in [0.2, 0.25) is 0 Å². The van der Waals surface area contributed by atoms with E-state index in [1.165, 1.54) is 36.4 Å². The second-order valence-electron chi connectivity index (χ2n) is 6.85. The third-order valence-electron chi connectivity index (χ3n) is 4.79. The smallest absolute Gasteiger partial charge is 0.335 e. The van der Waals surface area contributed by atoms with Gasteiger partial charge in [-0.2, -0.15) is 0 Å². The van der Waals surface area contributed by atoms with Gasteiger partial charge in [0.1, 0.15) is 0 Å². The van der Waals surface area contributed by atoms with Crippen LogP contribution < -0.4 is 0 Å². The highest BCUT2D eigenvalue weighted by Crippen LogP contribution is 2.34. The molecule has 32 heavy (non-hydrogen) atoms. The number of nitrogens with zero attached hydrogens (tertiary/aromatic N) is 3. The van der Waals surface area contributed by atoms with Gasteiger partial charge in [-0.05, 0) is 53.7 Å². The largest absolute Gasteiger partial charge is 0.478 e. The summed E-state index contributed by atoms with van der Waals surface area (Å²) in [5, 5.41) is 19.6. The van der Waals surface area contributed by atoms with Gasteiger partial charge in [-0.3, -0.25) is 24.6 Å². The lowest BCUT2D eigenvalue weighted by atomic mass is 10.2. The summed E-state index contributed by atoms with van der Waals surface area (Å²) in [6.07, 6.45) is 3.31. The molecule has 1 aliphatic rings. The molecule has 3 aromatic rings. The quantitative estimate of drug-likeness (QED) is 0.338. The molecule has 9 nitrogen and oxygen atoms in total. The van der Waals surface area contributed by atoms with Crippen LogP contribution in [0.4, 0.5) is 10.5 Å². The molecule has 10 heteroatoms. The Labute approximate surface area is 185 Å². The molecule has 0 saturated carbocycles. The average molecular weight is 449 g/mol. The van der Waals surface area contributed by atoms with Crippen molar-refractivity contribution >= 4 is 40.6 Å². The summed E-state index contributed by atoms with van der Waals surface area (Å²) < 4.78 is 1.72. The van der Waals surface area contributed by atoms with Crippen LogP contribution in [0.25, 0.3) is 11.8 Å². The summed E-state index contributed by atoms with van der Waals surface area (Å²) in [6, 6.07) is 15.5. The number of rotatable bonds is 6. The summed E-state index contributed by atoms with van der Waals surface area (Å²) in [5.74, 6) is -1.52. The molecular formula is C22H15N3O6S. The molecule has 2 aromatic carbocycles. The van der Waals surface area contributed by atoms with Crippen molar-refractivity contribution in [3.8, 4) is 5.69 Å². The number of amides is 2.